The molecule has 0 aromatic heterocycles. The summed E-state index contributed by atoms with van der Waals surface area (Å²) >= 11 is 0. The predicted octanol–water partition coefficient (Wildman–Crippen LogP) is -0.195. The van der Waals surface area contributed by atoms with Gasteiger partial charge in [0, 0.05) is 26.2 Å². The minimum atomic E-state index is -4.04. The second-order valence-electron chi connectivity index (χ2n) is 3.78. The van der Waals surface area contributed by atoms with Gasteiger partial charge in [-0.15, -0.1) is 0 Å². The minimum absolute atomic E-state index is 0.693. The molecule has 1 heterocycles. The summed E-state index contributed by atoms with van der Waals surface area (Å²) in [5.74, 6) is 0. The quantitative estimate of drug-likeness (QED) is 0.548. The maximum Gasteiger partial charge on any atom is 0.345 e. The van der Waals surface area contributed by atoms with Gasteiger partial charge in [-0.1, -0.05) is 0 Å². The molecule has 13 heavy (non-hydrogen) atoms. The van der Waals surface area contributed by atoms with Crippen LogP contribution in [0.2, 0.25) is 0 Å². The number of nitrogens with one attached hydrogen (secondary N) is 1. The van der Waals surface area contributed by atoms with Crippen LogP contribution in [0.4, 0.5) is 0 Å². The Morgan fingerprint density at radius 1 is 1.31 bits per heavy atom. The van der Waals surface area contributed by atoms with Crippen LogP contribution in [0.15, 0.2) is 0 Å². The first-order valence-electron chi connectivity index (χ1n) is 4.37. The fraction of sp³-hybridized carbons (Fsp3) is 1.00. The van der Waals surface area contributed by atoms with E-state index in [-0.39, 0.29) is 0 Å². The van der Waals surface area contributed by atoms with Crippen molar-refractivity contribution in [2.75, 3.05) is 26.2 Å². The lowest BCUT2D eigenvalue weighted by Gasteiger charge is -2.40. The number of hydrogen-bond donors (Lipinski definition) is 3. The van der Waals surface area contributed by atoms with Crippen LogP contribution in [0.5, 0.6) is 0 Å². The lowest BCUT2D eigenvalue weighted by Crippen LogP contribution is -2.53. The summed E-state index contributed by atoms with van der Waals surface area (Å²) in [4.78, 5) is 20.1. The fourth-order valence-electron chi connectivity index (χ4n) is 1.40. The van der Waals surface area contributed by atoms with Crippen LogP contribution in [0, 0.1) is 0 Å². The van der Waals surface area contributed by atoms with Gasteiger partial charge in [0.05, 0.1) is 0 Å². The van der Waals surface area contributed by atoms with E-state index >= 15 is 0 Å². The molecule has 0 unspecified atom stereocenters. The molecular formula is C7H17N2O3P. The molecule has 78 valence electrons. The number of rotatable bonds is 2. The summed E-state index contributed by atoms with van der Waals surface area (Å²) in [6.07, 6.45) is 0. The van der Waals surface area contributed by atoms with Gasteiger partial charge in [-0.05, 0) is 13.8 Å². The third-order valence-electron chi connectivity index (χ3n) is 2.60. The molecule has 0 aromatic carbocycles. The molecule has 5 nitrogen and oxygen atoms in total. The SMILES string of the molecule is CC(C)(N1CCNCC1)P(=O)(O)O. The van der Waals surface area contributed by atoms with Gasteiger partial charge in [0.1, 0.15) is 5.28 Å². The van der Waals surface area contributed by atoms with Crippen molar-refractivity contribution in [3.8, 4) is 0 Å². The van der Waals surface area contributed by atoms with Gasteiger partial charge in [-0.2, -0.15) is 0 Å². The molecule has 0 saturated carbocycles. The zero-order valence-electron chi connectivity index (χ0n) is 8.03. The topological polar surface area (TPSA) is 72.8 Å². The summed E-state index contributed by atoms with van der Waals surface area (Å²) in [7, 11) is -4.04. The molecule has 1 saturated heterocycles. The molecule has 0 aliphatic carbocycles. The zero-order chi connectivity index (χ0) is 10.1. The highest BCUT2D eigenvalue weighted by molar-refractivity contribution is 7.53. The lowest BCUT2D eigenvalue weighted by molar-refractivity contribution is 0.137. The Balaban J connectivity index is 2.73. The molecule has 0 amide bonds. The van der Waals surface area contributed by atoms with Crippen molar-refractivity contribution in [1.82, 2.24) is 10.2 Å². The molecule has 0 radical (unpaired) electrons. The van der Waals surface area contributed by atoms with E-state index in [9.17, 15) is 4.57 Å². The first-order valence-corrected chi connectivity index (χ1v) is 5.98. The monoisotopic (exact) mass is 208 g/mol. The molecule has 0 bridgehead atoms. The van der Waals surface area contributed by atoms with E-state index in [1.807, 2.05) is 4.90 Å². The average molecular weight is 208 g/mol. The summed E-state index contributed by atoms with van der Waals surface area (Å²) in [6, 6.07) is 0. The van der Waals surface area contributed by atoms with E-state index in [0.717, 1.165) is 13.1 Å². The Morgan fingerprint density at radius 3 is 2.15 bits per heavy atom. The van der Waals surface area contributed by atoms with Gasteiger partial charge in [-0.3, -0.25) is 9.46 Å². The summed E-state index contributed by atoms with van der Waals surface area (Å²) in [5, 5.41) is 2.11. The third kappa shape index (κ3) is 2.30. The van der Waals surface area contributed by atoms with Crippen LogP contribution in [0.3, 0.4) is 0 Å². The van der Waals surface area contributed by atoms with Crippen LogP contribution in [0.1, 0.15) is 13.8 Å². The Kier molecular flexibility index (Phi) is 3.15. The lowest BCUT2D eigenvalue weighted by atomic mass is 10.2. The van der Waals surface area contributed by atoms with E-state index in [4.69, 9.17) is 9.79 Å². The molecule has 3 N–H and O–H groups in total. The van der Waals surface area contributed by atoms with Crippen molar-refractivity contribution in [2.45, 2.75) is 19.1 Å². The highest BCUT2D eigenvalue weighted by Crippen LogP contribution is 2.51. The fourth-order valence-corrected chi connectivity index (χ4v) is 1.96. The van der Waals surface area contributed by atoms with E-state index < -0.39 is 12.9 Å². The normalized spacial score (nSPS) is 21.8. The number of nitrogens with zero attached hydrogens (tertiary/aromatic N) is 1. The van der Waals surface area contributed by atoms with Crippen molar-refractivity contribution in [2.24, 2.45) is 0 Å². The predicted molar refractivity (Wildman–Crippen MR) is 50.6 cm³/mol. The molecule has 1 aliphatic heterocycles. The van der Waals surface area contributed by atoms with E-state index in [1.54, 1.807) is 13.8 Å². The van der Waals surface area contributed by atoms with E-state index in [0.29, 0.717) is 13.1 Å². The molecule has 0 atom stereocenters. The van der Waals surface area contributed by atoms with E-state index in [1.165, 1.54) is 0 Å². The average Bonchev–Trinajstić information content (AvgIpc) is 2.04. The Bertz CT molecular complexity index is 220. The second-order valence-corrected chi connectivity index (χ2v) is 5.96. The van der Waals surface area contributed by atoms with Gasteiger partial charge in [0.25, 0.3) is 0 Å². The Morgan fingerprint density at radius 2 is 1.77 bits per heavy atom. The van der Waals surface area contributed by atoms with Gasteiger partial charge >= 0.3 is 7.60 Å². The van der Waals surface area contributed by atoms with Crippen LogP contribution in [-0.2, 0) is 4.57 Å². The number of piperazine rings is 1. The van der Waals surface area contributed by atoms with Crippen molar-refractivity contribution in [3.05, 3.63) is 0 Å². The van der Waals surface area contributed by atoms with Crippen LogP contribution in [0.25, 0.3) is 0 Å². The number of hydrogen-bond acceptors (Lipinski definition) is 3. The van der Waals surface area contributed by atoms with Crippen LogP contribution in [-0.4, -0.2) is 46.1 Å². The Labute approximate surface area is 78.3 Å². The highest BCUT2D eigenvalue weighted by atomic mass is 31.2. The first kappa shape index (κ1) is 11.1. The third-order valence-corrected chi connectivity index (χ3v) is 4.31. The van der Waals surface area contributed by atoms with Crippen molar-refractivity contribution in [1.29, 1.82) is 0 Å². The molecule has 6 heteroatoms. The maximum absolute atomic E-state index is 11.2. The summed E-state index contributed by atoms with van der Waals surface area (Å²) < 4.78 is 11.2. The molecule has 1 aliphatic rings. The van der Waals surface area contributed by atoms with Gasteiger partial charge in [0.15, 0.2) is 0 Å². The minimum Gasteiger partial charge on any atom is -0.323 e. The standard InChI is InChI=1S/C7H17N2O3P/c1-7(2,13(10,11)12)9-5-3-8-4-6-9/h8H,3-6H2,1-2H3,(H2,10,11,12). The molecule has 1 fully saturated rings. The zero-order valence-corrected chi connectivity index (χ0v) is 8.92. The van der Waals surface area contributed by atoms with Crippen molar-refractivity contribution < 1.29 is 14.4 Å². The first-order chi connectivity index (χ1) is 5.86. The van der Waals surface area contributed by atoms with Crippen molar-refractivity contribution >= 4 is 7.60 Å². The van der Waals surface area contributed by atoms with E-state index in [2.05, 4.69) is 5.32 Å². The largest absolute Gasteiger partial charge is 0.345 e. The maximum atomic E-state index is 11.2. The summed E-state index contributed by atoms with van der Waals surface area (Å²) in [5.41, 5.74) is 0. The molecule has 1 rings (SSSR count). The second kappa shape index (κ2) is 3.67. The van der Waals surface area contributed by atoms with Crippen molar-refractivity contribution in [3.63, 3.8) is 0 Å². The van der Waals surface area contributed by atoms with Gasteiger partial charge < -0.3 is 15.1 Å². The van der Waals surface area contributed by atoms with Gasteiger partial charge in [-0.25, -0.2) is 0 Å². The molecular weight excluding hydrogens is 191 g/mol. The van der Waals surface area contributed by atoms with Crippen LogP contribution < -0.4 is 5.32 Å². The molecule has 0 spiro atoms. The van der Waals surface area contributed by atoms with Crippen LogP contribution >= 0.6 is 7.60 Å². The molecule has 0 aromatic rings. The Hall–Kier alpha value is 0.0700. The smallest absolute Gasteiger partial charge is 0.323 e. The highest BCUT2D eigenvalue weighted by Gasteiger charge is 2.43. The van der Waals surface area contributed by atoms with Gasteiger partial charge in [0.2, 0.25) is 0 Å². The summed E-state index contributed by atoms with van der Waals surface area (Å²) in [6.45, 7) is 6.17.